The van der Waals surface area contributed by atoms with E-state index in [1.807, 2.05) is 24.3 Å². The quantitative estimate of drug-likeness (QED) is 0.554. The van der Waals surface area contributed by atoms with Gasteiger partial charge in [-0.25, -0.2) is 13.6 Å². The molecular weight excluding hydrogens is 377 g/mol. The number of hydrogen-bond acceptors (Lipinski definition) is 4. The highest BCUT2D eigenvalue weighted by atomic mass is 127. The van der Waals surface area contributed by atoms with Crippen LogP contribution in [0, 0.1) is 3.57 Å². The number of halogens is 1. The van der Waals surface area contributed by atoms with Crippen molar-refractivity contribution in [2.24, 2.45) is 5.14 Å². The van der Waals surface area contributed by atoms with Crippen molar-refractivity contribution >= 4 is 49.7 Å². The van der Waals surface area contributed by atoms with Crippen LogP contribution in [0.1, 0.15) is 0 Å². The molecule has 2 aromatic rings. The Morgan fingerprint density at radius 1 is 1.11 bits per heavy atom. The zero-order valence-electron chi connectivity index (χ0n) is 9.80. The Kier molecular flexibility index (Phi) is 3.97. The molecule has 2 aromatic carbocycles. The summed E-state index contributed by atoms with van der Waals surface area (Å²) >= 11 is 2.18. The third-order valence-electron chi connectivity index (χ3n) is 2.41. The number of hydrogen-bond donors (Lipinski definition) is 3. The van der Waals surface area contributed by atoms with Crippen LogP contribution < -0.4 is 16.2 Å². The van der Waals surface area contributed by atoms with Gasteiger partial charge in [0.2, 0.25) is 10.0 Å². The predicted octanol–water partition coefficient (Wildman–Crippen LogP) is 2.26. The Bertz CT molecular complexity index is 717. The maximum Gasteiger partial charge on any atom is 0.238 e. The van der Waals surface area contributed by atoms with Gasteiger partial charge < -0.3 is 11.1 Å². The van der Waals surface area contributed by atoms with E-state index >= 15 is 0 Å². The van der Waals surface area contributed by atoms with Gasteiger partial charge in [0.15, 0.2) is 0 Å². The summed E-state index contributed by atoms with van der Waals surface area (Å²) < 4.78 is 23.7. The molecule has 0 heterocycles. The molecule has 0 aliphatic heterocycles. The first-order chi connectivity index (χ1) is 8.86. The molecule has 5 nitrogen and oxygen atoms in total. The largest absolute Gasteiger partial charge is 0.399 e. The van der Waals surface area contributed by atoms with Crippen LogP contribution in [0.15, 0.2) is 47.4 Å². The van der Waals surface area contributed by atoms with Crippen LogP contribution in [0.3, 0.4) is 0 Å². The molecule has 0 unspecified atom stereocenters. The molecule has 0 aromatic heterocycles. The molecule has 0 bridgehead atoms. The van der Waals surface area contributed by atoms with Crippen LogP contribution in [0.4, 0.5) is 17.1 Å². The second kappa shape index (κ2) is 5.35. The monoisotopic (exact) mass is 389 g/mol. The van der Waals surface area contributed by atoms with Gasteiger partial charge >= 0.3 is 0 Å². The van der Waals surface area contributed by atoms with Crippen LogP contribution in [0.25, 0.3) is 0 Å². The van der Waals surface area contributed by atoms with Crippen molar-refractivity contribution in [2.75, 3.05) is 11.1 Å². The van der Waals surface area contributed by atoms with Crippen molar-refractivity contribution in [1.29, 1.82) is 0 Å². The van der Waals surface area contributed by atoms with E-state index in [-0.39, 0.29) is 4.90 Å². The standard InChI is InChI=1S/C12H12IN3O2S/c13-11-3-1-2-4-12(11)16-9-5-8(14)6-10(7-9)19(15,17)18/h1-7,16H,14H2,(H2,15,17,18). The molecule has 0 spiro atoms. The van der Waals surface area contributed by atoms with Gasteiger partial charge in [-0.2, -0.15) is 0 Å². The molecule has 0 amide bonds. The van der Waals surface area contributed by atoms with E-state index < -0.39 is 10.0 Å². The number of benzene rings is 2. The highest BCUT2D eigenvalue weighted by Crippen LogP contribution is 2.25. The SMILES string of the molecule is Nc1cc(Nc2ccccc2I)cc(S(N)(=O)=O)c1. The number of para-hydroxylation sites is 1. The van der Waals surface area contributed by atoms with Gasteiger partial charge in [-0.3, -0.25) is 0 Å². The Morgan fingerprint density at radius 3 is 2.42 bits per heavy atom. The zero-order valence-corrected chi connectivity index (χ0v) is 12.8. The van der Waals surface area contributed by atoms with Gasteiger partial charge in [0.25, 0.3) is 0 Å². The predicted molar refractivity (Wildman–Crippen MR) is 84.7 cm³/mol. The average Bonchev–Trinajstić information content (AvgIpc) is 2.30. The average molecular weight is 389 g/mol. The highest BCUT2D eigenvalue weighted by Gasteiger charge is 2.10. The van der Waals surface area contributed by atoms with E-state index in [4.69, 9.17) is 10.9 Å². The fourth-order valence-electron chi connectivity index (χ4n) is 1.58. The number of anilines is 3. The van der Waals surface area contributed by atoms with Crippen molar-refractivity contribution in [3.05, 3.63) is 46.0 Å². The lowest BCUT2D eigenvalue weighted by molar-refractivity contribution is 0.598. The van der Waals surface area contributed by atoms with Crippen LogP contribution >= 0.6 is 22.6 Å². The molecule has 5 N–H and O–H groups in total. The number of nitrogens with one attached hydrogen (secondary N) is 1. The maximum absolute atomic E-state index is 11.3. The first kappa shape index (κ1) is 14.1. The third-order valence-corrected chi connectivity index (χ3v) is 4.24. The van der Waals surface area contributed by atoms with Gasteiger partial charge in [0.05, 0.1) is 10.6 Å². The molecular formula is C12H12IN3O2S. The van der Waals surface area contributed by atoms with Crippen molar-refractivity contribution < 1.29 is 8.42 Å². The van der Waals surface area contributed by atoms with E-state index in [9.17, 15) is 8.42 Å². The normalized spacial score (nSPS) is 11.3. The number of sulfonamides is 1. The summed E-state index contributed by atoms with van der Waals surface area (Å²) in [6, 6.07) is 12.1. The van der Waals surface area contributed by atoms with Crippen molar-refractivity contribution in [3.63, 3.8) is 0 Å². The number of primary sulfonamides is 1. The number of nitrogen functional groups attached to an aromatic ring is 1. The van der Waals surface area contributed by atoms with Crippen LogP contribution in [-0.4, -0.2) is 8.42 Å². The lowest BCUT2D eigenvalue weighted by atomic mass is 10.2. The zero-order chi connectivity index (χ0) is 14.0. The van der Waals surface area contributed by atoms with Gasteiger partial charge in [-0.15, -0.1) is 0 Å². The molecule has 100 valence electrons. The Balaban J connectivity index is 2.42. The minimum absolute atomic E-state index is 0.0130. The molecule has 0 aliphatic carbocycles. The topological polar surface area (TPSA) is 98.2 Å². The van der Waals surface area contributed by atoms with Gasteiger partial charge in [-0.05, 0) is 52.9 Å². The van der Waals surface area contributed by atoms with E-state index in [1.54, 1.807) is 6.07 Å². The van der Waals surface area contributed by atoms with Crippen LogP contribution in [0.2, 0.25) is 0 Å². The van der Waals surface area contributed by atoms with Crippen molar-refractivity contribution in [1.82, 2.24) is 0 Å². The molecule has 0 radical (unpaired) electrons. The lowest BCUT2D eigenvalue weighted by Crippen LogP contribution is -2.12. The smallest absolute Gasteiger partial charge is 0.238 e. The molecule has 0 saturated heterocycles. The molecule has 0 saturated carbocycles. The summed E-state index contributed by atoms with van der Waals surface area (Å²) in [5.41, 5.74) is 7.47. The first-order valence-electron chi connectivity index (χ1n) is 5.31. The Labute approximate surface area is 125 Å². The van der Waals surface area contributed by atoms with E-state index in [0.29, 0.717) is 11.4 Å². The molecule has 7 heteroatoms. The summed E-state index contributed by atoms with van der Waals surface area (Å²) in [5.74, 6) is 0. The second-order valence-corrected chi connectivity index (χ2v) is 6.66. The third kappa shape index (κ3) is 3.58. The van der Waals surface area contributed by atoms with Crippen molar-refractivity contribution in [3.8, 4) is 0 Å². The molecule has 0 aliphatic rings. The fraction of sp³-hybridized carbons (Fsp3) is 0. The number of rotatable bonds is 3. The van der Waals surface area contributed by atoms with Crippen molar-refractivity contribution in [2.45, 2.75) is 4.90 Å². The molecule has 2 rings (SSSR count). The number of nitrogens with two attached hydrogens (primary N) is 2. The Morgan fingerprint density at radius 2 is 1.79 bits per heavy atom. The first-order valence-corrected chi connectivity index (χ1v) is 7.94. The van der Waals surface area contributed by atoms with Gasteiger partial charge in [0.1, 0.15) is 0 Å². The van der Waals surface area contributed by atoms with Crippen LogP contribution in [-0.2, 0) is 10.0 Å². The maximum atomic E-state index is 11.3. The van der Waals surface area contributed by atoms with Gasteiger partial charge in [-0.1, -0.05) is 12.1 Å². The summed E-state index contributed by atoms with van der Waals surface area (Å²) in [5, 5.41) is 8.22. The Hall–Kier alpha value is -1.32. The summed E-state index contributed by atoms with van der Waals surface area (Å²) in [7, 11) is -3.77. The van der Waals surface area contributed by atoms with Crippen LogP contribution in [0.5, 0.6) is 0 Å². The molecule has 0 fully saturated rings. The van der Waals surface area contributed by atoms with E-state index in [2.05, 4.69) is 27.9 Å². The summed E-state index contributed by atoms with van der Waals surface area (Å²) in [6.45, 7) is 0. The van der Waals surface area contributed by atoms with E-state index in [0.717, 1.165) is 9.26 Å². The summed E-state index contributed by atoms with van der Waals surface area (Å²) in [4.78, 5) is -0.0130. The second-order valence-electron chi connectivity index (χ2n) is 3.94. The molecule has 0 atom stereocenters. The summed E-state index contributed by atoms with van der Waals surface area (Å²) in [6.07, 6.45) is 0. The molecule has 19 heavy (non-hydrogen) atoms. The minimum Gasteiger partial charge on any atom is -0.399 e. The lowest BCUT2D eigenvalue weighted by Gasteiger charge is -2.10. The fourth-order valence-corrected chi connectivity index (χ4v) is 2.69. The van der Waals surface area contributed by atoms with Gasteiger partial charge in [0, 0.05) is 14.9 Å². The van der Waals surface area contributed by atoms with E-state index in [1.165, 1.54) is 12.1 Å². The minimum atomic E-state index is -3.77. The highest BCUT2D eigenvalue weighted by molar-refractivity contribution is 14.1.